The third-order valence-electron chi connectivity index (χ3n) is 2.18. The van der Waals surface area contributed by atoms with E-state index in [9.17, 15) is 4.39 Å². The first-order chi connectivity index (χ1) is 7.69. The zero-order valence-electron chi connectivity index (χ0n) is 8.50. The summed E-state index contributed by atoms with van der Waals surface area (Å²) in [6, 6.07) is 4.76. The number of aliphatic imine (C=N–C) groups is 1. The Bertz CT molecular complexity index is 417. The molecular formula is C10H12ClFN4. The number of guanidine groups is 1. The molecular weight excluding hydrogens is 231 g/mol. The molecule has 0 atom stereocenters. The van der Waals surface area contributed by atoms with Crippen molar-refractivity contribution >= 4 is 23.2 Å². The molecule has 0 aromatic heterocycles. The molecule has 86 valence electrons. The molecule has 0 amide bonds. The molecule has 0 aliphatic heterocycles. The summed E-state index contributed by atoms with van der Waals surface area (Å²) in [6.45, 7) is 0. The number of nitrogens with two attached hydrogens (primary N) is 1. The van der Waals surface area contributed by atoms with Crippen molar-refractivity contribution in [3.63, 3.8) is 0 Å². The maximum atomic E-state index is 13.1. The Balaban J connectivity index is 2.09. The van der Waals surface area contributed by atoms with E-state index in [-0.39, 0.29) is 5.02 Å². The largest absolute Gasteiger partial charge is 0.325 e. The smallest absolute Gasteiger partial charge is 0.210 e. The molecule has 0 saturated heterocycles. The second kappa shape index (κ2) is 4.67. The first-order valence-electron chi connectivity index (χ1n) is 4.95. The fourth-order valence-electron chi connectivity index (χ4n) is 1.20. The number of nitrogens with one attached hydrogen (secondary N) is 2. The summed E-state index contributed by atoms with van der Waals surface area (Å²) in [7, 11) is 0. The van der Waals surface area contributed by atoms with Gasteiger partial charge in [0.15, 0.2) is 0 Å². The van der Waals surface area contributed by atoms with Gasteiger partial charge >= 0.3 is 0 Å². The van der Waals surface area contributed by atoms with Crippen LogP contribution in [0, 0.1) is 5.82 Å². The van der Waals surface area contributed by atoms with Crippen LogP contribution in [0.15, 0.2) is 23.2 Å². The fourth-order valence-corrected chi connectivity index (χ4v) is 1.32. The predicted octanol–water partition coefficient (Wildman–Crippen LogP) is 1.87. The third-order valence-corrected chi connectivity index (χ3v) is 2.48. The van der Waals surface area contributed by atoms with Crippen LogP contribution < -0.4 is 16.6 Å². The van der Waals surface area contributed by atoms with E-state index in [0.29, 0.717) is 17.7 Å². The molecule has 1 saturated carbocycles. The molecule has 1 aromatic carbocycles. The van der Waals surface area contributed by atoms with Crippen molar-refractivity contribution in [2.45, 2.75) is 18.9 Å². The number of benzene rings is 1. The molecule has 4 nitrogen and oxygen atoms in total. The van der Waals surface area contributed by atoms with Gasteiger partial charge in [0.05, 0.1) is 11.1 Å². The average Bonchev–Trinajstić information content (AvgIpc) is 3.06. The zero-order valence-corrected chi connectivity index (χ0v) is 9.26. The second-order valence-corrected chi connectivity index (χ2v) is 4.01. The summed E-state index contributed by atoms with van der Waals surface area (Å²) < 4.78 is 13.1. The summed E-state index contributed by atoms with van der Waals surface area (Å²) in [5.74, 6) is 5.26. The Labute approximate surface area is 97.7 Å². The van der Waals surface area contributed by atoms with E-state index in [2.05, 4.69) is 15.7 Å². The van der Waals surface area contributed by atoms with Gasteiger partial charge in [-0.25, -0.2) is 15.2 Å². The molecule has 0 unspecified atom stereocenters. The topological polar surface area (TPSA) is 62.4 Å². The van der Waals surface area contributed by atoms with Crippen molar-refractivity contribution < 1.29 is 4.39 Å². The molecule has 1 aliphatic rings. The first kappa shape index (κ1) is 11.2. The first-order valence-corrected chi connectivity index (χ1v) is 5.33. The molecule has 1 fully saturated rings. The van der Waals surface area contributed by atoms with Crippen LogP contribution in [0.4, 0.5) is 10.1 Å². The molecule has 0 bridgehead atoms. The van der Waals surface area contributed by atoms with E-state index >= 15 is 0 Å². The second-order valence-electron chi connectivity index (χ2n) is 3.61. The lowest BCUT2D eigenvalue weighted by Crippen LogP contribution is -2.36. The summed E-state index contributed by atoms with van der Waals surface area (Å²) in [4.78, 5) is 4.27. The van der Waals surface area contributed by atoms with Crippen LogP contribution in [0.25, 0.3) is 0 Å². The van der Waals surface area contributed by atoms with Gasteiger partial charge in [-0.3, -0.25) is 5.43 Å². The molecule has 1 aliphatic carbocycles. The van der Waals surface area contributed by atoms with Crippen LogP contribution >= 0.6 is 11.6 Å². The van der Waals surface area contributed by atoms with Gasteiger partial charge in [-0.1, -0.05) is 11.6 Å². The molecule has 0 radical (unpaired) electrons. The SMILES string of the molecule is NNC(=NC1CC1)Nc1ccc(Cl)c(F)c1. The summed E-state index contributed by atoms with van der Waals surface area (Å²) >= 11 is 5.57. The molecule has 16 heavy (non-hydrogen) atoms. The number of anilines is 1. The van der Waals surface area contributed by atoms with E-state index in [1.165, 1.54) is 12.1 Å². The Morgan fingerprint density at radius 3 is 2.81 bits per heavy atom. The van der Waals surface area contributed by atoms with E-state index in [1.807, 2.05) is 0 Å². The van der Waals surface area contributed by atoms with Crippen molar-refractivity contribution in [3.05, 3.63) is 29.0 Å². The molecule has 6 heteroatoms. The van der Waals surface area contributed by atoms with Gasteiger partial charge in [-0.05, 0) is 31.0 Å². The number of hydrazine groups is 1. The van der Waals surface area contributed by atoms with Gasteiger partial charge < -0.3 is 5.32 Å². The van der Waals surface area contributed by atoms with Crippen LogP contribution in [0.3, 0.4) is 0 Å². The maximum Gasteiger partial charge on any atom is 0.210 e. The van der Waals surface area contributed by atoms with Gasteiger partial charge in [0.1, 0.15) is 5.82 Å². The molecule has 1 aromatic rings. The van der Waals surface area contributed by atoms with Gasteiger partial charge in [-0.2, -0.15) is 0 Å². The van der Waals surface area contributed by atoms with Crippen molar-refractivity contribution in [1.29, 1.82) is 0 Å². The van der Waals surface area contributed by atoms with Crippen molar-refractivity contribution in [2.75, 3.05) is 5.32 Å². The Kier molecular flexibility index (Phi) is 3.26. The number of rotatable bonds is 2. The van der Waals surface area contributed by atoms with Crippen LogP contribution in [0.1, 0.15) is 12.8 Å². The highest BCUT2D eigenvalue weighted by atomic mass is 35.5. The highest BCUT2D eigenvalue weighted by Crippen LogP contribution is 2.24. The van der Waals surface area contributed by atoms with Gasteiger partial charge in [-0.15, -0.1) is 0 Å². The minimum absolute atomic E-state index is 0.0898. The minimum Gasteiger partial charge on any atom is -0.325 e. The van der Waals surface area contributed by atoms with Crippen LogP contribution in [0.2, 0.25) is 5.02 Å². The van der Waals surface area contributed by atoms with Crippen LogP contribution in [-0.4, -0.2) is 12.0 Å². The number of hydrogen-bond acceptors (Lipinski definition) is 2. The highest BCUT2D eigenvalue weighted by Gasteiger charge is 2.21. The van der Waals surface area contributed by atoms with Crippen LogP contribution in [-0.2, 0) is 0 Å². The van der Waals surface area contributed by atoms with Gasteiger partial charge in [0, 0.05) is 5.69 Å². The monoisotopic (exact) mass is 242 g/mol. The zero-order chi connectivity index (χ0) is 11.5. The highest BCUT2D eigenvalue weighted by molar-refractivity contribution is 6.30. The molecule has 4 N–H and O–H groups in total. The lowest BCUT2D eigenvalue weighted by atomic mass is 10.3. The van der Waals surface area contributed by atoms with E-state index in [4.69, 9.17) is 17.4 Å². The predicted molar refractivity (Wildman–Crippen MR) is 62.8 cm³/mol. The van der Waals surface area contributed by atoms with Crippen molar-refractivity contribution in [1.82, 2.24) is 5.43 Å². The van der Waals surface area contributed by atoms with Crippen LogP contribution in [0.5, 0.6) is 0 Å². The normalized spacial score (nSPS) is 16.1. The van der Waals surface area contributed by atoms with E-state index in [0.717, 1.165) is 12.8 Å². The third kappa shape index (κ3) is 2.84. The summed E-state index contributed by atoms with van der Waals surface area (Å²) in [5.41, 5.74) is 2.99. The Morgan fingerprint density at radius 1 is 1.50 bits per heavy atom. The standard InChI is InChI=1S/C10H12ClFN4/c11-8-4-3-7(5-9(8)12)15-10(16-13)14-6-1-2-6/h3-6H,1-2,13H2,(H2,14,15,16). The number of hydrogen-bond donors (Lipinski definition) is 3. The lowest BCUT2D eigenvalue weighted by molar-refractivity contribution is 0.629. The lowest BCUT2D eigenvalue weighted by Gasteiger charge is -2.09. The summed E-state index contributed by atoms with van der Waals surface area (Å²) in [6.07, 6.45) is 2.14. The molecule has 2 rings (SSSR count). The Hall–Kier alpha value is -1.33. The quantitative estimate of drug-likeness (QED) is 0.321. The average molecular weight is 243 g/mol. The summed E-state index contributed by atoms with van der Waals surface area (Å²) in [5, 5.41) is 2.97. The maximum absolute atomic E-state index is 13.1. The van der Waals surface area contributed by atoms with E-state index in [1.54, 1.807) is 6.07 Å². The number of nitrogens with zero attached hydrogens (tertiary/aromatic N) is 1. The van der Waals surface area contributed by atoms with E-state index < -0.39 is 5.82 Å². The molecule has 0 spiro atoms. The van der Waals surface area contributed by atoms with Crippen molar-refractivity contribution in [2.24, 2.45) is 10.8 Å². The fraction of sp³-hybridized carbons (Fsp3) is 0.300. The van der Waals surface area contributed by atoms with Gasteiger partial charge in [0.2, 0.25) is 5.96 Å². The van der Waals surface area contributed by atoms with Crippen molar-refractivity contribution in [3.8, 4) is 0 Å². The van der Waals surface area contributed by atoms with Gasteiger partial charge in [0.25, 0.3) is 0 Å². The minimum atomic E-state index is -0.477. The molecule has 0 heterocycles. The Morgan fingerprint density at radius 2 is 2.25 bits per heavy atom. The number of halogens is 2.